The maximum Gasteiger partial charge on any atom is 0.129 e. The molecule has 1 aromatic rings. The molecule has 0 spiro atoms. The van der Waals surface area contributed by atoms with Gasteiger partial charge in [-0.3, -0.25) is 0 Å². The Morgan fingerprint density at radius 3 is 2.47 bits per heavy atom. The van der Waals surface area contributed by atoms with Crippen LogP contribution in [0.5, 0.6) is 0 Å². The summed E-state index contributed by atoms with van der Waals surface area (Å²) >= 11 is 0. The van der Waals surface area contributed by atoms with E-state index >= 15 is 0 Å². The van der Waals surface area contributed by atoms with Gasteiger partial charge < -0.3 is 10.1 Å². The predicted octanol–water partition coefficient (Wildman–Crippen LogP) is 2.17. The van der Waals surface area contributed by atoms with Gasteiger partial charge in [-0.15, -0.1) is 0 Å². The third kappa shape index (κ3) is 2.28. The van der Waals surface area contributed by atoms with Crippen LogP contribution in [0, 0.1) is 11.3 Å². The molecule has 2 rings (SSSR count). The minimum absolute atomic E-state index is 0.445. The van der Waals surface area contributed by atoms with Crippen molar-refractivity contribution in [1.82, 2.24) is 0 Å². The molecule has 0 unspecified atom stereocenters. The summed E-state index contributed by atoms with van der Waals surface area (Å²) in [5, 5.41) is 12.5. The van der Waals surface area contributed by atoms with Crippen LogP contribution in [0.15, 0.2) is 30.3 Å². The number of anilines is 1. The summed E-state index contributed by atoms with van der Waals surface area (Å²) in [4.78, 5) is 0. The number of hydrogen-bond donors (Lipinski definition) is 1. The molecule has 1 heterocycles. The first kappa shape index (κ1) is 10.0. The average molecular weight is 202 g/mol. The molecule has 78 valence electrons. The van der Waals surface area contributed by atoms with Crippen LogP contribution in [0.1, 0.15) is 12.8 Å². The van der Waals surface area contributed by atoms with Crippen LogP contribution >= 0.6 is 0 Å². The Morgan fingerprint density at radius 2 is 1.87 bits per heavy atom. The van der Waals surface area contributed by atoms with Gasteiger partial charge >= 0.3 is 0 Å². The first-order chi connectivity index (χ1) is 7.35. The van der Waals surface area contributed by atoms with Crippen LogP contribution in [0.3, 0.4) is 0 Å². The summed E-state index contributed by atoms with van der Waals surface area (Å²) in [6.07, 6.45) is 1.50. The van der Waals surface area contributed by atoms with Gasteiger partial charge in [0.05, 0.1) is 6.07 Å². The maximum atomic E-state index is 9.23. The summed E-state index contributed by atoms with van der Waals surface area (Å²) in [5.41, 5.74) is 0.556. The molecule has 0 saturated carbocycles. The normalized spacial score (nSPS) is 19.1. The van der Waals surface area contributed by atoms with E-state index in [1.807, 2.05) is 30.3 Å². The maximum absolute atomic E-state index is 9.23. The zero-order chi connectivity index (χ0) is 10.6. The van der Waals surface area contributed by atoms with Crippen LogP contribution in [0.4, 0.5) is 5.69 Å². The minimum Gasteiger partial charge on any atom is -0.381 e. The van der Waals surface area contributed by atoms with Crippen molar-refractivity contribution in [2.45, 2.75) is 18.4 Å². The van der Waals surface area contributed by atoms with E-state index in [0.29, 0.717) is 13.2 Å². The molecule has 0 atom stereocenters. The molecule has 1 aliphatic rings. The van der Waals surface area contributed by atoms with Crippen molar-refractivity contribution in [2.24, 2.45) is 0 Å². The fourth-order valence-corrected chi connectivity index (χ4v) is 1.78. The molecule has 3 nitrogen and oxygen atoms in total. The van der Waals surface area contributed by atoms with Crippen molar-refractivity contribution in [2.75, 3.05) is 18.5 Å². The van der Waals surface area contributed by atoms with Crippen molar-refractivity contribution in [3.63, 3.8) is 0 Å². The van der Waals surface area contributed by atoms with Gasteiger partial charge in [-0.25, -0.2) is 0 Å². The molecule has 1 fully saturated rings. The van der Waals surface area contributed by atoms with Crippen LogP contribution in [-0.4, -0.2) is 18.8 Å². The second-order valence-electron chi connectivity index (χ2n) is 3.80. The fraction of sp³-hybridized carbons (Fsp3) is 0.417. The lowest BCUT2D eigenvalue weighted by atomic mass is 9.91. The second-order valence-corrected chi connectivity index (χ2v) is 3.80. The van der Waals surface area contributed by atoms with Gasteiger partial charge in [0.15, 0.2) is 0 Å². The zero-order valence-electron chi connectivity index (χ0n) is 8.57. The quantitative estimate of drug-likeness (QED) is 0.799. The fourth-order valence-electron chi connectivity index (χ4n) is 1.78. The third-order valence-electron chi connectivity index (χ3n) is 2.72. The highest BCUT2D eigenvalue weighted by atomic mass is 16.5. The highest BCUT2D eigenvalue weighted by Crippen LogP contribution is 2.24. The number of rotatable bonds is 2. The van der Waals surface area contributed by atoms with Gasteiger partial charge in [-0.05, 0) is 12.1 Å². The zero-order valence-corrected chi connectivity index (χ0v) is 8.57. The number of nitriles is 1. The largest absolute Gasteiger partial charge is 0.381 e. The van der Waals surface area contributed by atoms with E-state index in [1.54, 1.807) is 0 Å². The molecule has 1 N–H and O–H groups in total. The molecule has 1 aliphatic heterocycles. The number of hydrogen-bond acceptors (Lipinski definition) is 3. The second kappa shape index (κ2) is 4.33. The van der Waals surface area contributed by atoms with Crippen molar-refractivity contribution in [3.8, 4) is 6.07 Å². The Bertz CT molecular complexity index is 350. The highest BCUT2D eigenvalue weighted by molar-refractivity contribution is 5.47. The lowest BCUT2D eigenvalue weighted by Gasteiger charge is -2.32. The highest BCUT2D eigenvalue weighted by Gasteiger charge is 2.32. The van der Waals surface area contributed by atoms with Gasteiger partial charge in [0, 0.05) is 31.7 Å². The molecule has 0 amide bonds. The lowest BCUT2D eigenvalue weighted by Crippen LogP contribution is -2.42. The molecule has 3 heteroatoms. The average Bonchev–Trinajstić information content (AvgIpc) is 2.32. The predicted molar refractivity (Wildman–Crippen MR) is 58.5 cm³/mol. The van der Waals surface area contributed by atoms with Crippen LogP contribution < -0.4 is 5.32 Å². The van der Waals surface area contributed by atoms with Crippen molar-refractivity contribution in [1.29, 1.82) is 5.26 Å². The summed E-state index contributed by atoms with van der Waals surface area (Å²) in [6, 6.07) is 12.2. The smallest absolute Gasteiger partial charge is 0.129 e. The SMILES string of the molecule is N#CC1(Nc2ccccc2)CCOCC1. The van der Waals surface area contributed by atoms with Crippen LogP contribution in [0.2, 0.25) is 0 Å². The Kier molecular flexibility index (Phi) is 2.89. The Hall–Kier alpha value is -1.53. The van der Waals surface area contributed by atoms with Crippen molar-refractivity contribution >= 4 is 5.69 Å². The number of nitrogens with one attached hydrogen (secondary N) is 1. The van der Waals surface area contributed by atoms with E-state index in [9.17, 15) is 5.26 Å². The van der Waals surface area contributed by atoms with Crippen molar-refractivity contribution in [3.05, 3.63) is 30.3 Å². The topological polar surface area (TPSA) is 45.0 Å². The molecule has 0 radical (unpaired) electrons. The summed E-state index contributed by atoms with van der Waals surface area (Å²) in [7, 11) is 0. The molecular formula is C12H14N2O. The van der Waals surface area contributed by atoms with Gasteiger partial charge in [-0.2, -0.15) is 5.26 Å². The van der Waals surface area contributed by atoms with E-state index in [-0.39, 0.29) is 0 Å². The molecular weight excluding hydrogens is 188 g/mol. The van der Waals surface area contributed by atoms with Gasteiger partial charge in [-0.1, -0.05) is 18.2 Å². The third-order valence-corrected chi connectivity index (χ3v) is 2.72. The number of para-hydroxylation sites is 1. The Morgan fingerprint density at radius 1 is 1.20 bits per heavy atom. The van der Waals surface area contributed by atoms with E-state index in [0.717, 1.165) is 18.5 Å². The Balaban J connectivity index is 2.12. The molecule has 0 aliphatic carbocycles. The number of benzene rings is 1. The summed E-state index contributed by atoms with van der Waals surface area (Å²) < 4.78 is 5.27. The van der Waals surface area contributed by atoms with Gasteiger partial charge in [0.25, 0.3) is 0 Å². The van der Waals surface area contributed by atoms with Gasteiger partial charge in [0.2, 0.25) is 0 Å². The standard InChI is InChI=1S/C12H14N2O/c13-10-12(6-8-15-9-7-12)14-11-4-2-1-3-5-11/h1-5,14H,6-9H2. The van der Waals surface area contributed by atoms with E-state index in [2.05, 4.69) is 11.4 Å². The summed E-state index contributed by atoms with van der Waals surface area (Å²) in [5.74, 6) is 0. The Labute approximate surface area is 89.7 Å². The monoisotopic (exact) mass is 202 g/mol. The molecule has 0 bridgehead atoms. The van der Waals surface area contributed by atoms with E-state index in [1.165, 1.54) is 0 Å². The number of nitrogens with zero attached hydrogens (tertiary/aromatic N) is 1. The first-order valence-electron chi connectivity index (χ1n) is 5.17. The molecule has 1 saturated heterocycles. The first-order valence-corrected chi connectivity index (χ1v) is 5.17. The summed E-state index contributed by atoms with van der Waals surface area (Å²) in [6.45, 7) is 1.32. The van der Waals surface area contributed by atoms with Crippen LogP contribution in [-0.2, 0) is 4.74 Å². The van der Waals surface area contributed by atoms with Crippen molar-refractivity contribution < 1.29 is 4.74 Å². The van der Waals surface area contributed by atoms with Gasteiger partial charge in [0.1, 0.15) is 5.54 Å². The number of ether oxygens (including phenoxy) is 1. The van der Waals surface area contributed by atoms with E-state index < -0.39 is 5.54 Å². The minimum atomic E-state index is -0.445. The molecule has 15 heavy (non-hydrogen) atoms. The molecule has 0 aromatic heterocycles. The molecule has 1 aromatic carbocycles. The van der Waals surface area contributed by atoms with E-state index in [4.69, 9.17) is 4.74 Å². The lowest BCUT2D eigenvalue weighted by molar-refractivity contribution is 0.0753. The van der Waals surface area contributed by atoms with Crippen LogP contribution in [0.25, 0.3) is 0 Å².